The Bertz CT molecular complexity index is 1090. The van der Waals surface area contributed by atoms with Gasteiger partial charge in [0, 0.05) is 38.5 Å². The Morgan fingerprint density at radius 2 is 1.68 bits per heavy atom. The lowest BCUT2D eigenvalue weighted by Crippen LogP contribution is -2.61. The number of fused-ring (bicyclic) bond motifs is 1. The maximum absolute atomic E-state index is 15.0. The molecule has 3 saturated heterocycles. The Labute approximate surface area is 195 Å². The minimum atomic E-state index is -1.08. The zero-order valence-electron chi connectivity index (χ0n) is 18.8. The van der Waals surface area contributed by atoms with Gasteiger partial charge in [0.25, 0.3) is 11.8 Å². The minimum Gasteiger partial charge on any atom is -0.366 e. The van der Waals surface area contributed by atoms with Crippen LogP contribution in [0, 0.1) is 11.7 Å². The number of hydrogen-bond acceptors (Lipinski definition) is 7. The number of carbonyl (C=O) groups excluding carboxylic acids is 5. The first-order chi connectivity index (χ1) is 16.3. The third kappa shape index (κ3) is 3.64. The van der Waals surface area contributed by atoms with Gasteiger partial charge in [-0.2, -0.15) is 0 Å². The van der Waals surface area contributed by atoms with Gasteiger partial charge >= 0.3 is 0 Å². The van der Waals surface area contributed by atoms with Gasteiger partial charge in [0.1, 0.15) is 11.9 Å². The van der Waals surface area contributed by atoms with E-state index in [-0.39, 0.29) is 47.5 Å². The van der Waals surface area contributed by atoms with Crippen molar-refractivity contribution in [2.45, 2.75) is 37.8 Å². The van der Waals surface area contributed by atoms with Crippen molar-refractivity contribution in [3.05, 3.63) is 29.1 Å². The number of anilines is 1. The molecule has 5 amide bonds. The maximum atomic E-state index is 15.0. The fourth-order valence-corrected chi connectivity index (χ4v) is 5.34. The van der Waals surface area contributed by atoms with Gasteiger partial charge in [-0.15, -0.1) is 0 Å². The van der Waals surface area contributed by atoms with Gasteiger partial charge in [0.15, 0.2) is 0 Å². The third-order valence-corrected chi connectivity index (χ3v) is 7.37. The number of benzene rings is 1. The van der Waals surface area contributed by atoms with Crippen LogP contribution in [-0.2, 0) is 14.4 Å². The number of nitrogens with zero attached hydrogens (tertiary/aromatic N) is 3. The van der Waals surface area contributed by atoms with E-state index in [0.717, 1.165) is 36.9 Å². The number of carbonyl (C=O) groups is 5. The van der Waals surface area contributed by atoms with Crippen LogP contribution in [0.1, 0.15) is 46.4 Å². The first-order valence-corrected chi connectivity index (χ1v) is 11.5. The Balaban J connectivity index is 1.27. The van der Waals surface area contributed by atoms with E-state index in [2.05, 4.69) is 15.5 Å². The number of imide groups is 2. The highest BCUT2D eigenvalue weighted by Crippen LogP contribution is 2.35. The molecule has 1 unspecified atom stereocenters. The van der Waals surface area contributed by atoms with Gasteiger partial charge in [-0.05, 0) is 44.5 Å². The molecule has 2 N–H and O–H groups in total. The average molecular weight is 471 g/mol. The Morgan fingerprint density at radius 3 is 2.29 bits per heavy atom. The molecular formula is C23H26FN5O5. The monoisotopic (exact) mass is 471 g/mol. The van der Waals surface area contributed by atoms with Gasteiger partial charge < -0.3 is 10.2 Å². The second kappa shape index (κ2) is 8.46. The van der Waals surface area contributed by atoms with Crippen molar-refractivity contribution in [1.29, 1.82) is 0 Å². The molecule has 1 aromatic carbocycles. The zero-order valence-corrected chi connectivity index (χ0v) is 18.8. The Hall–Kier alpha value is -3.34. The fourth-order valence-electron chi connectivity index (χ4n) is 5.34. The molecule has 0 aromatic heterocycles. The predicted octanol–water partition coefficient (Wildman–Crippen LogP) is -0.126. The summed E-state index contributed by atoms with van der Waals surface area (Å²) in [5.74, 6) is -3.01. The van der Waals surface area contributed by atoms with Gasteiger partial charge in [0.05, 0.1) is 16.8 Å². The van der Waals surface area contributed by atoms with Crippen molar-refractivity contribution in [2.75, 3.05) is 38.1 Å². The number of hydrogen-bond donors (Lipinski definition) is 2. The smallest absolute Gasteiger partial charge is 0.262 e. The summed E-state index contributed by atoms with van der Waals surface area (Å²) in [6, 6.07) is 1.61. The third-order valence-electron chi connectivity index (χ3n) is 7.37. The molecule has 10 nitrogen and oxygen atoms in total. The van der Waals surface area contributed by atoms with Crippen LogP contribution in [0.5, 0.6) is 0 Å². The van der Waals surface area contributed by atoms with Gasteiger partial charge in [-0.25, -0.2) is 4.39 Å². The van der Waals surface area contributed by atoms with E-state index in [0.29, 0.717) is 13.1 Å². The molecule has 0 bridgehead atoms. The number of amides is 5. The summed E-state index contributed by atoms with van der Waals surface area (Å²) < 4.78 is 15.0. The molecule has 0 radical (unpaired) electrons. The molecule has 1 aromatic rings. The molecule has 4 aliphatic heterocycles. The molecule has 4 aliphatic rings. The van der Waals surface area contributed by atoms with Crippen molar-refractivity contribution in [3.63, 3.8) is 0 Å². The molecule has 1 atom stereocenters. The van der Waals surface area contributed by atoms with Crippen LogP contribution in [-0.4, -0.2) is 84.6 Å². The summed E-state index contributed by atoms with van der Waals surface area (Å²) in [6.07, 6.45) is 1.65. The van der Waals surface area contributed by atoms with Gasteiger partial charge in [0.2, 0.25) is 17.7 Å². The quantitative estimate of drug-likeness (QED) is 0.588. The van der Waals surface area contributed by atoms with Crippen LogP contribution < -0.4 is 15.5 Å². The molecule has 0 spiro atoms. The van der Waals surface area contributed by atoms with E-state index in [1.165, 1.54) is 6.07 Å². The van der Waals surface area contributed by atoms with Crippen molar-refractivity contribution in [1.82, 2.24) is 20.4 Å². The van der Waals surface area contributed by atoms with Gasteiger partial charge in [-0.3, -0.25) is 39.1 Å². The zero-order chi connectivity index (χ0) is 24.1. The minimum absolute atomic E-state index is 0.0267. The summed E-state index contributed by atoms with van der Waals surface area (Å²) in [7, 11) is 1.64. The molecule has 0 saturated carbocycles. The highest BCUT2D eigenvalue weighted by atomic mass is 19.1. The molecule has 180 valence electrons. The van der Waals surface area contributed by atoms with Crippen LogP contribution in [0.15, 0.2) is 12.1 Å². The molecule has 5 rings (SSSR count). The first kappa shape index (κ1) is 22.5. The van der Waals surface area contributed by atoms with E-state index in [4.69, 9.17) is 0 Å². The number of likely N-dealkylation sites (tertiary alicyclic amines) is 1. The summed E-state index contributed by atoms with van der Waals surface area (Å²) >= 11 is 0. The first-order valence-electron chi connectivity index (χ1n) is 11.5. The summed E-state index contributed by atoms with van der Waals surface area (Å²) in [5.41, 5.74) is 0.256. The van der Waals surface area contributed by atoms with Crippen LogP contribution in [0.25, 0.3) is 0 Å². The lowest BCUT2D eigenvalue weighted by Gasteiger charge is -2.48. The summed E-state index contributed by atoms with van der Waals surface area (Å²) in [4.78, 5) is 66.3. The highest BCUT2D eigenvalue weighted by Gasteiger charge is 2.46. The predicted molar refractivity (Wildman–Crippen MR) is 117 cm³/mol. The van der Waals surface area contributed by atoms with Crippen LogP contribution >= 0.6 is 0 Å². The van der Waals surface area contributed by atoms with E-state index in [9.17, 15) is 28.4 Å². The summed E-state index contributed by atoms with van der Waals surface area (Å²) in [6.45, 7) is 2.77. The van der Waals surface area contributed by atoms with Crippen LogP contribution in [0.3, 0.4) is 0 Å². The number of piperidine rings is 2. The summed E-state index contributed by atoms with van der Waals surface area (Å²) in [5, 5.41) is 4.85. The molecule has 3 fully saturated rings. The van der Waals surface area contributed by atoms with Crippen molar-refractivity contribution < 1.29 is 28.4 Å². The van der Waals surface area contributed by atoms with Crippen LogP contribution in [0.4, 0.5) is 10.1 Å². The van der Waals surface area contributed by atoms with Crippen molar-refractivity contribution >= 4 is 35.2 Å². The Morgan fingerprint density at radius 1 is 1.03 bits per heavy atom. The van der Waals surface area contributed by atoms with Crippen molar-refractivity contribution in [2.24, 2.45) is 5.92 Å². The Kier molecular flexibility index (Phi) is 5.59. The number of nitrogens with one attached hydrogen (secondary N) is 2. The van der Waals surface area contributed by atoms with E-state index >= 15 is 0 Å². The van der Waals surface area contributed by atoms with Crippen LogP contribution in [0.2, 0.25) is 0 Å². The highest BCUT2D eigenvalue weighted by molar-refractivity contribution is 6.23. The van der Waals surface area contributed by atoms with E-state index < -0.39 is 35.5 Å². The molecule has 34 heavy (non-hydrogen) atoms. The number of halogens is 1. The lowest BCUT2D eigenvalue weighted by molar-refractivity contribution is -0.136. The normalized spacial score (nSPS) is 24.2. The molecule has 4 heterocycles. The second-order valence-corrected chi connectivity index (χ2v) is 9.28. The second-order valence-electron chi connectivity index (χ2n) is 9.28. The molecule has 0 aliphatic carbocycles. The SMILES string of the molecule is CNC(=O)C1CCN(C2CN(c3cc4c(cc3F)C(=O)N(C3CCC(=O)NC3=O)C4=O)C2)CC1. The van der Waals surface area contributed by atoms with E-state index in [1.807, 2.05) is 4.90 Å². The van der Waals surface area contributed by atoms with Crippen molar-refractivity contribution in [3.8, 4) is 0 Å². The van der Waals surface area contributed by atoms with E-state index in [1.54, 1.807) is 7.05 Å². The number of rotatable bonds is 4. The molecular weight excluding hydrogens is 445 g/mol. The van der Waals surface area contributed by atoms with Gasteiger partial charge in [-0.1, -0.05) is 0 Å². The molecule has 11 heteroatoms. The largest absolute Gasteiger partial charge is 0.366 e. The fraction of sp³-hybridized carbons (Fsp3) is 0.522. The average Bonchev–Trinajstić information content (AvgIpc) is 3.02. The lowest BCUT2D eigenvalue weighted by atomic mass is 9.93. The standard InChI is InChI=1S/C23H26FN5O5/c1-25-20(31)12-4-6-27(7-5-12)13-10-28(11-13)18-9-15-14(8-16(18)24)22(33)29(23(15)34)17-2-3-19(30)26-21(17)32/h8-9,12-13,17H,2-7,10-11H2,1H3,(H,25,31)(H,26,30,32). The topological polar surface area (TPSA) is 119 Å². The maximum Gasteiger partial charge on any atom is 0.262 e.